The van der Waals surface area contributed by atoms with E-state index in [1.54, 1.807) is 6.20 Å². The Morgan fingerprint density at radius 2 is 2.29 bits per heavy atom. The first kappa shape index (κ1) is 14.1. The fourth-order valence-corrected chi connectivity index (χ4v) is 2.38. The molecule has 1 aromatic heterocycles. The van der Waals surface area contributed by atoms with Gasteiger partial charge in [0.2, 0.25) is 0 Å². The number of hydrogen-bond acceptors (Lipinski definition) is 3. The van der Waals surface area contributed by atoms with Gasteiger partial charge in [-0.3, -0.25) is 4.79 Å². The number of carbonyl (C=O) groups is 1. The van der Waals surface area contributed by atoms with Crippen LogP contribution in [0.25, 0.3) is 0 Å². The van der Waals surface area contributed by atoms with Crippen LogP contribution in [0.15, 0.2) is 11.4 Å². The zero-order valence-electron chi connectivity index (χ0n) is 10.6. The van der Waals surface area contributed by atoms with E-state index < -0.39 is 5.97 Å². The van der Waals surface area contributed by atoms with E-state index >= 15 is 0 Å². The van der Waals surface area contributed by atoms with Crippen molar-refractivity contribution in [3.8, 4) is 0 Å². The summed E-state index contributed by atoms with van der Waals surface area (Å²) in [5, 5.41) is 9.48. The van der Waals surface area contributed by atoms with Gasteiger partial charge in [0.05, 0.1) is 5.75 Å². The van der Waals surface area contributed by atoms with Gasteiger partial charge in [-0.1, -0.05) is 25.6 Å². The van der Waals surface area contributed by atoms with Crippen LogP contribution in [0.3, 0.4) is 0 Å². The third-order valence-corrected chi connectivity index (χ3v) is 3.48. The maximum absolute atomic E-state index is 10.5. The number of rotatable bonds is 7. The zero-order valence-corrected chi connectivity index (χ0v) is 11.5. The number of hydrogen-bond donors (Lipinski definition) is 1. The highest BCUT2D eigenvalue weighted by Crippen LogP contribution is 2.19. The van der Waals surface area contributed by atoms with E-state index in [9.17, 15) is 4.79 Å². The number of aromatic nitrogens is 2. The molecule has 5 heteroatoms. The van der Waals surface area contributed by atoms with Gasteiger partial charge >= 0.3 is 5.97 Å². The van der Waals surface area contributed by atoms with Gasteiger partial charge in [-0.05, 0) is 25.7 Å². The Morgan fingerprint density at radius 3 is 2.88 bits per heavy atom. The number of carboxylic acids is 1. The fraction of sp³-hybridized carbons (Fsp3) is 0.667. The number of nitrogens with zero attached hydrogens (tertiary/aromatic N) is 2. The highest BCUT2D eigenvalue weighted by atomic mass is 32.2. The molecule has 0 spiro atoms. The van der Waals surface area contributed by atoms with Crippen molar-refractivity contribution in [2.45, 2.75) is 45.3 Å². The van der Waals surface area contributed by atoms with E-state index in [0.717, 1.165) is 23.8 Å². The van der Waals surface area contributed by atoms with Gasteiger partial charge in [-0.25, -0.2) is 4.98 Å². The molecule has 1 heterocycles. The standard InChI is InChI=1S/C12H20N2O2S/c1-9(2)5-4-6-14-10(3)7-13-12(14)17-8-11(15)16/h7,9H,4-6,8H2,1-3H3,(H,15,16). The second-order valence-corrected chi connectivity index (χ2v) is 5.49. The Bertz CT molecular complexity index is 375. The number of aliphatic carboxylic acids is 1. The number of carboxylic acid groups (broad SMARTS) is 1. The molecule has 0 amide bonds. The first-order valence-corrected chi connectivity index (χ1v) is 6.86. The maximum atomic E-state index is 10.5. The van der Waals surface area contributed by atoms with Gasteiger partial charge in [-0.15, -0.1) is 0 Å². The second-order valence-electron chi connectivity index (χ2n) is 4.55. The van der Waals surface area contributed by atoms with E-state index in [0.29, 0.717) is 5.92 Å². The molecular formula is C12H20N2O2S. The summed E-state index contributed by atoms with van der Waals surface area (Å²) >= 11 is 1.29. The SMILES string of the molecule is Cc1cnc(SCC(=O)O)n1CCCC(C)C. The van der Waals surface area contributed by atoms with Crippen LogP contribution < -0.4 is 0 Å². The first-order valence-electron chi connectivity index (χ1n) is 5.87. The smallest absolute Gasteiger partial charge is 0.313 e. The average molecular weight is 256 g/mol. The molecule has 0 aromatic carbocycles. The molecular weight excluding hydrogens is 236 g/mol. The number of aryl methyl sites for hydroxylation is 1. The van der Waals surface area contributed by atoms with Crippen LogP contribution in [0, 0.1) is 12.8 Å². The molecule has 0 saturated heterocycles. The summed E-state index contributed by atoms with van der Waals surface area (Å²) in [6.07, 6.45) is 4.09. The third kappa shape index (κ3) is 4.81. The van der Waals surface area contributed by atoms with Gasteiger partial charge in [0.15, 0.2) is 5.16 Å². The van der Waals surface area contributed by atoms with Gasteiger partial charge in [0.25, 0.3) is 0 Å². The lowest BCUT2D eigenvalue weighted by Crippen LogP contribution is -2.05. The summed E-state index contributed by atoms with van der Waals surface area (Å²) in [6.45, 7) is 7.35. The maximum Gasteiger partial charge on any atom is 0.313 e. The van der Waals surface area contributed by atoms with Crippen molar-refractivity contribution in [3.05, 3.63) is 11.9 Å². The second kappa shape index (κ2) is 6.69. The van der Waals surface area contributed by atoms with Crippen LogP contribution in [0.2, 0.25) is 0 Å². The Labute approximate surface area is 106 Å². The fourth-order valence-electron chi connectivity index (χ4n) is 1.61. The molecule has 0 aliphatic rings. The molecule has 0 saturated carbocycles. The van der Waals surface area contributed by atoms with Gasteiger partial charge in [-0.2, -0.15) is 0 Å². The summed E-state index contributed by atoms with van der Waals surface area (Å²) in [4.78, 5) is 14.8. The van der Waals surface area contributed by atoms with Crippen molar-refractivity contribution >= 4 is 17.7 Å². The Morgan fingerprint density at radius 1 is 1.59 bits per heavy atom. The van der Waals surface area contributed by atoms with Crippen molar-refractivity contribution in [1.29, 1.82) is 0 Å². The van der Waals surface area contributed by atoms with Gasteiger partial charge in [0, 0.05) is 18.4 Å². The van der Waals surface area contributed by atoms with E-state index in [2.05, 4.69) is 23.4 Å². The molecule has 0 radical (unpaired) electrons. The van der Waals surface area contributed by atoms with Crippen LogP contribution in [0.5, 0.6) is 0 Å². The zero-order chi connectivity index (χ0) is 12.8. The highest BCUT2D eigenvalue weighted by molar-refractivity contribution is 7.99. The minimum absolute atomic E-state index is 0.0701. The minimum Gasteiger partial charge on any atom is -0.481 e. The lowest BCUT2D eigenvalue weighted by molar-refractivity contribution is -0.133. The third-order valence-electron chi connectivity index (χ3n) is 2.51. The summed E-state index contributed by atoms with van der Waals surface area (Å²) in [5.74, 6) is -0.0287. The van der Waals surface area contributed by atoms with E-state index in [-0.39, 0.29) is 5.75 Å². The molecule has 0 bridgehead atoms. The van der Waals surface area contributed by atoms with E-state index in [1.807, 2.05) is 6.92 Å². The summed E-state index contributed by atoms with van der Waals surface area (Å²) < 4.78 is 2.11. The lowest BCUT2D eigenvalue weighted by Gasteiger charge is -2.10. The van der Waals surface area contributed by atoms with Crippen molar-refractivity contribution < 1.29 is 9.90 Å². The molecule has 0 aliphatic heterocycles. The average Bonchev–Trinajstić information content (AvgIpc) is 2.57. The molecule has 0 aliphatic carbocycles. The quantitative estimate of drug-likeness (QED) is 0.762. The molecule has 4 nitrogen and oxygen atoms in total. The highest BCUT2D eigenvalue weighted by Gasteiger charge is 2.09. The van der Waals surface area contributed by atoms with E-state index in [1.165, 1.54) is 18.2 Å². The number of imidazole rings is 1. The van der Waals surface area contributed by atoms with Crippen molar-refractivity contribution in [3.63, 3.8) is 0 Å². The van der Waals surface area contributed by atoms with Crippen molar-refractivity contribution in [1.82, 2.24) is 9.55 Å². The topological polar surface area (TPSA) is 55.1 Å². The van der Waals surface area contributed by atoms with Crippen LogP contribution in [-0.2, 0) is 11.3 Å². The first-order chi connectivity index (χ1) is 8.00. The molecule has 1 aromatic rings. The summed E-state index contributed by atoms with van der Waals surface area (Å²) in [6, 6.07) is 0. The van der Waals surface area contributed by atoms with Crippen LogP contribution in [0.4, 0.5) is 0 Å². The van der Waals surface area contributed by atoms with Crippen molar-refractivity contribution in [2.75, 3.05) is 5.75 Å². The Kier molecular flexibility index (Phi) is 5.55. The summed E-state index contributed by atoms with van der Waals surface area (Å²) in [7, 11) is 0. The van der Waals surface area contributed by atoms with E-state index in [4.69, 9.17) is 5.11 Å². The predicted octanol–water partition coefficient (Wildman–Crippen LogP) is 2.80. The molecule has 17 heavy (non-hydrogen) atoms. The van der Waals surface area contributed by atoms with Crippen molar-refractivity contribution in [2.24, 2.45) is 5.92 Å². The molecule has 0 atom stereocenters. The van der Waals surface area contributed by atoms with Gasteiger partial charge < -0.3 is 9.67 Å². The monoisotopic (exact) mass is 256 g/mol. The predicted molar refractivity (Wildman–Crippen MR) is 69.4 cm³/mol. The number of thioether (sulfide) groups is 1. The molecule has 0 fully saturated rings. The Hall–Kier alpha value is -0.970. The van der Waals surface area contributed by atoms with Gasteiger partial charge in [0.1, 0.15) is 0 Å². The minimum atomic E-state index is -0.801. The molecule has 96 valence electrons. The normalized spacial score (nSPS) is 11.1. The summed E-state index contributed by atoms with van der Waals surface area (Å²) in [5.41, 5.74) is 1.10. The van der Waals surface area contributed by atoms with Crippen LogP contribution >= 0.6 is 11.8 Å². The van der Waals surface area contributed by atoms with Crippen LogP contribution in [0.1, 0.15) is 32.4 Å². The molecule has 0 unspecified atom stereocenters. The lowest BCUT2D eigenvalue weighted by atomic mass is 10.1. The Balaban J connectivity index is 2.56. The largest absolute Gasteiger partial charge is 0.481 e. The molecule has 1 N–H and O–H groups in total. The molecule has 1 rings (SSSR count). The van der Waals surface area contributed by atoms with Crippen LogP contribution in [-0.4, -0.2) is 26.4 Å².